The average molecular weight is 261 g/mol. The van der Waals surface area contributed by atoms with E-state index in [1.807, 2.05) is 13.8 Å². The van der Waals surface area contributed by atoms with Crippen LogP contribution < -0.4 is 5.32 Å². The zero-order chi connectivity index (χ0) is 13.3. The van der Waals surface area contributed by atoms with Crippen LogP contribution in [0.4, 0.5) is 5.00 Å². The molecular weight excluding hydrogens is 250 g/mol. The van der Waals surface area contributed by atoms with Crippen molar-refractivity contribution in [1.29, 1.82) is 5.26 Å². The smallest absolute Gasteiger partial charge is 0.294 e. The third-order valence-corrected chi connectivity index (χ3v) is 3.70. The molecule has 2 heterocycles. The van der Waals surface area contributed by atoms with Crippen molar-refractivity contribution in [2.75, 3.05) is 5.32 Å². The van der Waals surface area contributed by atoms with Crippen LogP contribution in [0.1, 0.15) is 32.3 Å². The first-order chi connectivity index (χ1) is 8.52. The number of rotatable bonds is 2. The van der Waals surface area contributed by atoms with Gasteiger partial charge in [0.05, 0.1) is 11.3 Å². The van der Waals surface area contributed by atoms with Gasteiger partial charge in [-0.1, -0.05) is 5.16 Å². The normalized spacial score (nSPS) is 10.1. The molecule has 0 saturated heterocycles. The number of nitrogens with one attached hydrogen (secondary N) is 1. The molecule has 2 rings (SSSR count). The fourth-order valence-electron chi connectivity index (χ4n) is 1.48. The number of hydrogen-bond acceptors (Lipinski definition) is 5. The molecule has 0 aliphatic carbocycles. The Morgan fingerprint density at radius 2 is 2.22 bits per heavy atom. The second kappa shape index (κ2) is 4.63. The topological polar surface area (TPSA) is 78.9 Å². The maximum atomic E-state index is 11.9. The molecule has 0 aromatic carbocycles. The molecule has 0 aliphatic rings. The maximum Gasteiger partial charge on any atom is 0.294 e. The van der Waals surface area contributed by atoms with E-state index < -0.39 is 5.91 Å². The van der Waals surface area contributed by atoms with Crippen molar-refractivity contribution in [3.8, 4) is 6.07 Å². The Morgan fingerprint density at radius 3 is 2.78 bits per heavy atom. The van der Waals surface area contributed by atoms with Crippen molar-refractivity contribution in [3.63, 3.8) is 0 Å². The van der Waals surface area contributed by atoms with Gasteiger partial charge in [0.1, 0.15) is 11.1 Å². The summed E-state index contributed by atoms with van der Waals surface area (Å²) in [6.45, 7) is 5.51. The van der Waals surface area contributed by atoms with Crippen LogP contribution in [0, 0.1) is 32.1 Å². The Kier molecular flexibility index (Phi) is 3.17. The first-order valence-electron chi connectivity index (χ1n) is 5.27. The van der Waals surface area contributed by atoms with Crippen molar-refractivity contribution >= 4 is 22.2 Å². The molecule has 0 saturated carbocycles. The van der Waals surface area contributed by atoms with E-state index in [0.717, 1.165) is 10.4 Å². The van der Waals surface area contributed by atoms with E-state index in [1.165, 1.54) is 11.3 Å². The van der Waals surface area contributed by atoms with Crippen LogP contribution in [0.5, 0.6) is 0 Å². The van der Waals surface area contributed by atoms with E-state index in [0.29, 0.717) is 16.3 Å². The van der Waals surface area contributed by atoms with Gasteiger partial charge < -0.3 is 9.84 Å². The third-order valence-electron chi connectivity index (χ3n) is 2.58. The van der Waals surface area contributed by atoms with Gasteiger partial charge in [0, 0.05) is 10.9 Å². The van der Waals surface area contributed by atoms with Crippen LogP contribution in [0.25, 0.3) is 0 Å². The number of aryl methyl sites for hydroxylation is 2. The number of amides is 1. The standard InChI is InChI=1S/C12H11N3O2S/c1-6-4-10(17-15-6)11(16)14-12-9(5-13)7(2)8(3)18-12/h4H,1-3H3,(H,14,16). The zero-order valence-corrected chi connectivity index (χ0v) is 11.0. The molecule has 5 nitrogen and oxygen atoms in total. The lowest BCUT2D eigenvalue weighted by Gasteiger charge is -1.99. The van der Waals surface area contributed by atoms with Gasteiger partial charge in [0.2, 0.25) is 5.76 Å². The number of hydrogen-bond donors (Lipinski definition) is 1. The van der Waals surface area contributed by atoms with Crippen LogP contribution >= 0.6 is 11.3 Å². The van der Waals surface area contributed by atoms with Gasteiger partial charge in [-0.25, -0.2) is 0 Å². The molecule has 2 aromatic heterocycles. The summed E-state index contributed by atoms with van der Waals surface area (Å²) in [4.78, 5) is 12.9. The molecular formula is C12H11N3O2S. The molecule has 1 N–H and O–H groups in total. The molecule has 0 spiro atoms. The van der Waals surface area contributed by atoms with Crippen molar-refractivity contribution in [2.45, 2.75) is 20.8 Å². The van der Waals surface area contributed by atoms with Crippen LogP contribution in [0.3, 0.4) is 0 Å². The van der Waals surface area contributed by atoms with Crippen molar-refractivity contribution < 1.29 is 9.32 Å². The highest BCUT2D eigenvalue weighted by Gasteiger charge is 2.17. The predicted octanol–water partition coefficient (Wildman–Crippen LogP) is 2.79. The summed E-state index contributed by atoms with van der Waals surface area (Å²) < 4.78 is 4.87. The van der Waals surface area contributed by atoms with E-state index in [1.54, 1.807) is 13.0 Å². The average Bonchev–Trinajstić information content (AvgIpc) is 2.85. The third kappa shape index (κ3) is 2.13. The lowest BCUT2D eigenvalue weighted by atomic mass is 10.2. The number of carbonyl (C=O) groups excluding carboxylic acids is 1. The van der Waals surface area contributed by atoms with E-state index in [-0.39, 0.29) is 5.76 Å². The summed E-state index contributed by atoms with van der Waals surface area (Å²) in [6, 6.07) is 3.65. The second-order valence-corrected chi connectivity index (χ2v) is 5.11. The summed E-state index contributed by atoms with van der Waals surface area (Å²) in [7, 11) is 0. The molecule has 1 amide bonds. The SMILES string of the molecule is Cc1cc(C(=O)Nc2sc(C)c(C)c2C#N)on1. The Labute approximate surface area is 108 Å². The van der Waals surface area contributed by atoms with Gasteiger partial charge in [-0.05, 0) is 26.3 Å². The minimum Gasteiger partial charge on any atom is -0.351 e. The van der Waals surface area contributed by atoms with Crippen LogP contribution in [0.15, 0.2) is 10.6 Å². The van der Waals surface area contributed by atoms with Crippen molar-refractivity contribution in [3.05, 3.63) is 33.5 Å². The van der Waals surface area contributed by atoms with Gasteiger partial charge in [-0.2, -0.15) is 5.26 Å². The Morgan fingerprint density at radius 1 is 1.50 bits per heavy atom. The van der Waals surface area contributed by atoms with E-state index in [2.05, 4.69) is 16.5 Å². The molecule has 2 aromatic rings. The molecule has 0 unspecified atom stereocenters. The van der Waals surface area contributed by atoms with Crippen LogP contribution in [-0.2, 0) is 0 Å². The van der Waals surface area contributed by atoms with E-state index in [4.69, 9.17) is 9.78 Å². The van der Waals surface area contributed by atoms with Crippen molar-refractivity contribution in [2.24, 2.45) is 0 Å². The Balaban J connectivity index is 2.28. The van der Waals surface area contributed by atoms with Gasteiger partial charge in [0.15, 0.2) is 0 Å². The minimum absolute atomic E-state index is 0.139. The number of nitrogens with zero attached hydrogens (tertiary/aromatic N) is 2. The molecule has 0 fully saturated rings. The van der Waals surface area contributed by atoms with Gasteiger partial charge in [0.25, 0.3) is 5.91 Å². The number of nitriles is 1. The highest BCUT2D eigenvalue weighted by molar-refractivity contribution is 7.16. The Hall–Kier alpha value is -2.13. The second-order valence-electron chi connectivity index (χ2n) is 3.89. The minimum atomic E-state index is -0.395. The molecule has 0 aliphatic heterocycles. The zero-order valence-electron chi connectivity index (χ0n) is 10.2. The molecule has 0 atom stereocenters. The monoisotopic (exact) mass is 261 g/mol. The fourth-order valence-corrected chi connectivity index (χ4v) is 2.49. The first-order valence-corrected chi connectivity index (χ1v) is 6.09. The molecule has 18 heavy (non-hydrogen) atoms. The van der Waals surface area contributed by atoms with Crippen molar-refractivity contribution in [1.82, 2.24) is 5.16 Å². The largest absolute Gasteiger partial charge is 0.351 e. The lowest BCUT2D eigenvalue weighted by Crippen LogP contribution is -2.10. The summed E-state index contributed by atoms with van der Waals surface area (Å²) in [5.74, 6) is -0.256. The summed E-state index contributed by atoms with van der Waals surface area (Å²) in [5.41, 5.74) is 2.04. The summed E-state index contributed by atoms with van der Waals surface area (Å²) in [5, 5.41) is 15.9. The number of carbonyl (C=O) groups is 1. The highest BCUT2D eigenvalue weighted by atomic mass is 32.1. The fraction of sp³-hybridized carbons (Fsp3) is 0.250. The van der Waals surface area contributed by atoms with Crippen LogP contribution in [-0.4, -0.2) is 11.1 Å². The van der Waals surface area contributed by atoms with Gasteiger partial charge >= 0.3 is 0 Å². The number of aromatic nitrogens is 1. The van der Waals surface area contributed by atoms with E-state index in [9.17, 15) is 4.79 Å². The quantitative estimate of drug-likeness (QED) is 0.901. The van der Waals surface area contributed by atoms with Gasteiger partial charge in [-0.15, -0.1) is 11.3 Å². The number of anilines is 1. The summed E-state index contributed by atoms with van der Waals surface area (Å²) in [6.07, 6.45) is 0. The van der Waals surface area contributed by atoms with Crippen LogP contribution in [0.2, 0.25) is 0 Å². The van der Waals surface area contributed by atoms with Gasteiger partial charge in [-0.3, -0.25) is 4.79 Å². The maximum absolute atomic E-state index is 11.9. The summed E-state index contributed by atoms with van der Waals surface area (Å²) >= 11 is 1.38. The Bertz CT molecular complexity index is 649. The molecule has 0 bridgehead atoms. The number of thiophene rings is 1. The van der Waals surface area contributed by atoms with E-state index >= 15 is 0 Å². The molecule has 6 heteroatoms. The molecule has 0 radical (unpaired) electrons. The predicted molar refractivity (Wildman–Crippen MR) is 67.7 cm³/mol. The highest BCUT2D eigenvalue weighted by Crippen LogP contribution is 2.31. The first kappa shape index (κ1) is 12.3. The molecule has 92 valence electrons. The lowest BCUT2D eigenvalue weighted by molar-refractivity contribution is 0.0988.